The van der Waals surface area contributed by atoms with E-state index >= 15 is 0 Å². The van der Waals surface area contributed by atoms with Crippen molar-refractivity contribution in [1.82, 2.24) is 4.98 Å². The van der Waals surface area contributed by atoms with Gasteiger partial charge in [0.25, 0.3) is 0 Å². The molecular formula is C14H17N3O3. The first-order valence-electron chi connectivity index (χ1n) is 6.29. The number of carbonyl (C=O) groups is 2. The molecule has 1 unspecified atom stereocenters. The number of nitrogens with zero attached hydrogens (tertiary/aromatic N) is 2. The van der Waals surface area contributed by atoms with Crippen LogP contribution in [0.4, 0.5) is 11.5 Å². The van der Waals surface area contributed by atoms with Gasteiger partial charge in [-0.15, -0.1) is 6.58 Å². The fraction of sp³-hybridized carbons (Fsp3) is 0.357. The molecule has 2 heterocycles. The minimum absolute atomic E-state index is 0.00443. The summed E-state index contributed by atoms with van der Waals surface area (Å²) in [6.45, 7) is 4.27. The third-order valence-electron chi connectivity index (χ3n) is 3.30. The number of rotatable bonds is 4. The molecule has 6 nitrogen and oxygen atoms in total. The summed E-state index contributed by atoms with van der Waals surface area (Å²) < 4.78 is 4.68. The van der Waals surface area contributed by atoms with Crippen LogP contribution in [0, 0.1) is 5.92 Å². The Labute approximate surface area is 117 Å². The summed E-state index contributed by atoms with van der Waals surface area (Å²) >= 11 is 0. The molecule has 106 valence electrons. The number of nitrogens with one attached hydrogen (secondary N) is 1. The van der Waals surface area contributed by atoms with Crippen molar-refractivity contribution in [2.75, 3.05) is 30.9 Å². The van der Waals surface area contributed by atoms with Crippen LogP contribution in [-0.4, -0.2) is 37.6 Å². The summed E-state index contributed by atoms with van der Waals surface area (Å²) in [5.74, 6) is 0.188. The summed E-state index contributed by atoms with van der Waals surface area (Å²) in [5.41, 5.74) is 0.904. The molecule has 0 bridgehead atoms. The number of hydrogen-bond acceptors (Lipinski definition) is 5. The molecule has 1 aliphatic rings. The topological polar surface area (TPSA) is 71.5 Å². The number of esters is 1. The van der Waals surface area contributed by atoms with Crippen molar-refractivity contribution in [2.24, 2.45) is 5.92 Å². The van der Waals surface area contributed by atoms with Crippen molar-refractivity contribution < 1.29 is 14.3 Å². The highest BCUT2D eigenvalue weighted by molar-refractivity contribution is 6.00. The summed E-state index contributed by atoms with van der Waals surface area (Å²) in [6, 6.07) is 1.62. The molecule has 1 aromatic rings. The maximum absolute atomic E-state index is 12.1. The van der Waals surface area contributed by atoms with E-state index in [0.29, 0.717) is 30.0 Å². The second-order valence-corrected chi connectivity index (χ2v) is 4.54. The van der Waals surface area contributed by atoms with Gasteiger partial charge in [-0.25, -0.2) is 9.78 Å². The lowest BCUT2D eigenvalue weighted by Gasteiger charge is -2.19. The zero-order chi connectivity index (χ0) is 14.7. The first kappa shape index (κ1) is 14.0. The third-order valence-corrected chi connectivity index (χ3v) is 3.30. The minimum Gasteiger partial charge on any atom is -0.465 e. The number of ether oxygens (including phenoxy) is 1. The smallest absolute Gasteiger partial charge is 0.339 e. The van der Waals surface area contributed by atoms with Gasteiger partial charge in [0.15, 0.2) is 0 Å². The number of carbonyl (C=O) groups excluding carboxylic acids is 2. The number of hydrogen-bond donors (Lipinski definition) is 1. The Hall–Kier alpha value is -2.37. The highest BCUT2D eigenvalue weighted by Crippen LogP contribution is 2.31. The van der Waals surface area contributed by atoms with Gasteiger partial charge in [0.1, 0.15) is 5.82 Å². The zero-order valence-electron chi connectivity index (χ0n) is 11.5. The summed E-state index contributed by atoms with van der Waals surface area (Å²) in [5, 5.41) is 2.93. The molecule has 1 saturated heterocycles. The Morgan fingerprint density at radius 1 is 1.65 bits per heavy atom. The minimum atomic E-state index is -0.478. The standard InChI is InChI=1S/C14H17N3O3/c1-4-9-5-12(18)17(8-9)11-6-10(14(19)20-3)7-16-13(11)15-2/h4,6-7,9H,1,5,8H2,2-3H3,(H,15,16). The lowest BCUT2D eigenvalue weighted by Crippen LogP contribution is -2.26. The molecule has 1 N–H and O–H groups in total. The van der Waals surface area contributed by atoms with Crippen molar-refractivity contribution in [1.29, 1.82) is 0 Å². The first-order chi connectivity index (χ1) is 9.60. The molecule has 6 heteroatoms. The third kappa shape index (κ3) is 2.49. The van der Waals surface area contributed by atoms with Gasteiger partial charge in [-0.3, -0.25) is 4.79 Å². The van der Waals surface area contributed by atoms with E-state index in [1.54, 1.807) is 24.1 Å². The van der Waals surface area contributed by atoms with E-state index in [-0.39, 0.29) is 11.8 Å². The number of methoxy groups -OCH3 is 1. The molecule has 1 atom stereocenters. The first-order valence-corrected chi connectivity index (χ1v) is 6.29. The maximum atomic E-state index is 12.1. The van der Waals surface area contributed by atoms with Crippen molar-refractivity contribution in [3.05, 3.63) is 30.5 Å². The normalized spacial score (nSPS) is 18.0. The molecule has 1 amide bonds. The van der Waals surface area contributed by atoms with Crippen molar-refractivity contribution in [3.63, 3.8) is 0 Å². The number of amides is 1. The van der Waals surface area contributed by atoms with Crippen LogP contribution in [0.5, 0.6) is 0 Å². The molecule has 0 aliphatic carbocycles. The average molecular weight is 275 g/mol. The van der Waals surface area contributed by atoms with E-state index in [1.807, 2.05) is 0 Å². The van der Waals surface area contributed by atoms with Crippen molar-refractivity contribution in [2.45, 2.75) is 6.42 Å². The predicted octanol–water partition coefficient (Wildman–Crippen LogP) is 1.45. The molecule has 0 radical (unpaired) electrons. The van der Waals surface area contributed by atoms with E-state index in [2.05, 4.69) is 21.6 Å². The molecular weight excluding hydrogens is 258 g/mol. The van der Waals surface area contributed by atoms with Crippen LogP contribution in [0.15, 0.2) is 24.9 Å². The van der Waals surface area contributed by atoms with Crippen LogP contribution in [0.2, 0.25) is 0 Å². The van der Waals surface area contributed by atoms with Crippen LogP contribution >= 0.6 is 0 Å². The Morgan fingerprint density at radius 2 is 2.40 bits per heavy atom. The van der Waals surface area contributed by atoms with Gasteiger partial charge < -0.3 is 15.0 Å². The second-order valence-electron chi connectivity index (χ2n) is 4.54. The van der Waals surface area contributed by atoms with Gasteiger partial charge in [-0.1, -0.05) is 6.08 Å². The summed E-state index contributed by atoms with van der Waals surface area (Å²) in [6.07, 6.45) is 3.62. The van der Waals surface area contributed by atoms with Crippen LogP contribution in [-0.2, 0) is 9.53 Å². The molecule has 2 rings (SSSR count). The SMILES string of the molecule is C=CC1CC(=O)N(c2cc(C(=O)OC)cnc2NC)C1. The van der Waals surface area contributed by atoms with Crippen LogP contribution in [0.3, 0.4) is 0 Å². The lowest BCUT2D eigenvalue weighted by atomic mass is 10.1. The number of aromatic nitrogens is 1. The Bertz CT molecular complexity index is 557. The highest BCUT2D eigenvalue weighted by atomic mass is 16.5. The molecule has 0 saturated carbocycles. The molecule has 0 spiro atoms. The van der Waals surface area contributed by atoms with Gasteiger partial charge in [0, 0.05) is 32.1 Å². The van der Waals surface area contributed by atoms with E-state index in [0.717, 1.165) is 0 Å². The van der Waals surface area contributed by atoms with E-state index in [1.165, 1.54) is 13.3 Å². The van der Waals surface area contributed by atoms with Gasteiger partial charge in [0.05, 0.1) is 18.4 Å². The van der Waals surface area contributed by atoms with Crippen molar-refractivity contribution in [3.8, 4) is 0 Å². The zero-order valence-corrected chi connectivity index (χ0v) is 11.5. The van der Waals surface area contributed by atoms with E-state index in [4.69, 9.17) is 0 Å². The fourth-order valence-electron chi connectivity index (χ4n) is 2.21. The monoisotopic (exact) mass is 275 g/mol. The van der Waals surface area contributed by atoms with Crippen molar-refractivity contribution >= 4 is 23.4 Å². The highest BCUT2D eigenvalue weighted by Gasteiger charge is 2.31. The van der Waals surface area contributed by atoms with E-state index < -0.39 is 5.97 Å². The largest absolute Gasteiger partial charge is 0.465 e. The average Bonchev–Trinajstić information content (AvgIpc) is 2.86. The maximum Gasteiger partial charge on any atom is 0.339 e. The van der Waals surface area contributed by atoms with Crippen LogP contribution in [0.1, 0.15) is 16.8 Å². The molecule has 1 fully saturated rings. The Kier molecular flexibility index (Phi) is 4.02. The molecule has 0 aromatic carbocycles. The summed E-state index contributed by atoms with van der Waals surface area (Å²) in [7, 11) is 3.03. The molecule has 1 aliphatic heterocycles. The van der Waals surface area contributed by atoms with Gasteiger partial charge in [-0.2, -0.15) is 0 Å². The van der Waals surface area contributed by atoms with Gasteiger partial charge >= 0.3 is 5.97 Å². The van der Waals surface area contributed by atoms with Crippen LogP contribution in [0.25, 0.3) is 0 Å². The quantitative estimate of drug-likeness (QED) is 0.665. The Balaban J connectivity index is 2.40. The van der Waals surface area contributed by atoms with E-state index in [9.17, 15) is 9.59 Å². The molecule has 1 aromatic heterocycles. The molecule has 20 heavy (non-hydrogen) atoms. The van der Waals surface area contributed by atoms with Gasteiger partial charge in [-0.05, 0) is 6.07 Å². The summed E-state index contributed by atoms with van der Waals surface area (Å²) in [4.78, 5) is 29.4. The second kappa shape index (κ2) is 5.73. The van der Waals surface area contributed by atoms with Gasteiger partial charge in [0.2, 0.25) is 5.91 Å². The van der Waals surface area contributed by atoms with Crippen LogP contribution < -0.4 is 10.2 Å². The Morgan fingerprint density at radius 3 is 2.95 bits per heavy atom. The lowest BCUT2D eigenvalue weighted by molar-refractivity contribution is -0.117. The number of anilines is 2. The number of pyridine rings is 1. The fourth-order valence-corrected chi connectivity index (χ4v) is 2.21. The predicted molar refractivity (Wildman–Crippen MR) is 75.8 cm³/mol.